The van der Waals surface area contributed by atoms with E-state index in [9.17, 15) is 22.8 Å². The number of alkyl halides is 3. The van der Waals surface area contributed by atoms with Crippen molar-refractivity contribution in [1.29, 1.82) is 0 Å². The molecule has 0 aliphatic heterocycles. The van der Waals surface area contributed by atoms with Gasteiger partial charge in [0.1, 0.15) is 5.78 Å². The third-order valence-electron chi connectivity index (χ3n) is 3.30. The number of hydrogen-bond donors (Lipinski definition) is 1. The molecule has 1 aliphatic carbocycles. The van der Waals surface area contributed by atoms with Crippen LogP contribution in [0.1, 0.15) is 45.4 Å². The molecule has 0 heterocycles. The molecule has 1 aliphatic rings. The summed E-state index contributed by atoms with van der Waals surface area (Å²) in [7, 11) is 0. The Kier molecular flexibility index (Phi) is 5.16. The average molecular weight is 265 g/mol. The van der Waals surface area contributed by atoms with Crippen LogP contribution in [0.4, 0.5) is 13.2 Å². The van der Waals surface area contributed by atoms with Crippen molar-refractivity contribution in [2.45, 2.75) is 57.7 Å². The number of Topliss-reactive ketones (excluding diaryl/α,β-unsaturated/α-hetero) is 1. The van der Waals surface area contributed by atoms with Gasteiger partial charge in [-0.1, -0.05) is 19.3 Å². The van der Waals surface area contributed by atoms with Crippen LogP contribution in [-0.4, -0.2) is 23.9 Å². The molecule has 1 N–H and O–H groups in total. The first-order valence-corrected chi connectivity index (χ1v) is 6.18. The third kappa shape index (κ3) is 4.66. The minimum atomic E-state index is -4.89. The van der Waals surface area contributed by atoms with Crippen LogP contribution < -0.4 is 5.32 Å². The maximum Gasteiger partial charge on any atom is 0.471 e. The standard InChI is InChI=1S/C12H18F3NO2/c1-8(17)7-10(9-5-3-2-4-6-9)16-11(18)12(13,14)15/h9-10H,2-7H2,1H3,(H,16,18)/t10-/m0/s1. The molecule has 1 atom stereocenters. The zero-order valence-electron chi connectivity index (χ0n) is 10.3. The van der Waals surface area contributed by atoms with Crippen molar-refractivity contribution in [3.05, 3.63) is 0 Å². The zero-order valence-corrected chi connectivity index (χ0v) is 10.3. The van der Waals surface area contributed by atoms with Crippen LogP contribution in [0.25, 0.3) is 0 Å². The molecule has 0 unspecified atom stereocenters. The monoisotopic (exact) mass is 265 g/mol. The summed E-state index contributed by atoms with van der Waals surface area (Å²) in [5.74, 6) is -2.17. The lowest BCUT2D eigenvalue weighted by Gasteiger charge is -2.30. The van der Waals surface area contributed by atoms with Gasteiger partial charge in [-0.2, -0.15) is 13.2 Å². The van der Waals surface area contributed by atoms with Gasteiger partial charge in [-0.25, -0.2) is 0 Å². The first kappa shape index (κ1) is 15.0. The highest BCUT2D eigenvalue weighted by atomic mass is 19.4. The number of amides is 1. The Morgan fingerprint density at radius 3 is 2.22 bits per heavy atom. The van der Waals surface area contributed by atoms with Gasteiger partial charge in [-0.3, -0.25) is 9.59 Å². The van der Waals surface area contributed by atoms with Crippen molar-refractivity contribution in [2.24, 2.45) is 5.92 Å². The lowest BCUT2D eigenvalue weighted by atomic mass is 9.82. The molecule has 6 heteroatoms. The highest BCUT2D eigenvalue weighted by Crippen LogP contribution is 2.28. The Morgan fingerprint density at radius 2 is 1.78 bits per heavy atom. The summed E-state index contributed by atoms with van der Waals surface area (Å²) >= 11 is 0. The van der Waals surface area contributed by atoms with E-state index in [1.54, 1.807) is 0 Å². The van der Waals surface area contributed by atoms with E-state index >= 15 is 0 Å². The van der Waals surface area contributed by atoms with Crippen molar-refractivity contribution < 1.29 is 22.8 Å². The second-order valence-corrected chi connectivity index (χ2v) is 4.88. The zero-order chi connectivity index (χ0) is 13.8. The lowest BCUT2D eigenvalue weighted by Crippen LogP contribution is -2.47. The van der Waals surface area contributed by atoms with Gasteiger partial charge in [-0.05, 0) is 25.7 Å². The molecule has 0 aromatic rings. The second-order valence-electron chi connectivity index (χ2n) is 4.88. The highest BCUT2D eigenvalue weighted by Gasteiger charge is 2.41. The SMILES string of the molecule is CC(=O)C[C@H](NC(=O)C(F)(F)F)C1CCCCC1. The molecule has 0 radical (unpaired) electrons. The fourth-order valence-electron chi connectivity index (χ4n) is 2.43. The van der Waals surface area contributed by atoms with Crippen molar-refractivity contribution in [3.8, 4) is 0 Å². The van der Waals surface area contributed by atoms with E-state index in [1.807, 2.05) is 5.32 Å². The summed E-state index contributed by atoms with van der Waals surface area (Å²) in [5.41, 5.74) is 0. The minimum Gasteiger partial charge on any atom is -0.345 e. The van der Waals surface area contributed by atoms with E-state index in [-0.39, 0.29) is 18.1 Å². The number of carbonyl (C=O) groups excluding carboxylic acids is 2. The van der Waals surface area contributed by atoms with Gasteiger partial charge in [-0.15, -0.1) is 0 Å². The molecular formula is C12H18F3NO2. The van der Waals surface area contributed by atoms with E-state index in [2.05, 4.69) is 0 Å². The Labute approximate surface area is 104 Å². The quantitative estimate of drug-likeness (QED) is 0.849. The van der Waals surface area contributed by atoms with Gasteiger partial charge >= 0.3 is 12.1 Å². The number of carbonyl (C=O) groups is 2. The smallest absolute Gasteiger partial charge is 0.345 e. The van der Waals surface area contributed by atoms with Gasteiger partial charge < -0.3 is 5.32 Å². The van der Waals surface area contributed by atoms with Crippen molar-refractivity contribution in [3.63, 3.8) is 0 Å². The fourth-order valence-corrected chi connectivity index (χ4v) is 2.43. The van der Waals surface area contributed by atoms with Gasteiger partial charge in [0.2, 0.25) is 0 Å². The van der Waals surface area contributed by atoms with Gasteiger partial charge in [0.25, 0.3) is 0 Å². The molecule has 0 aromatic heterocycles. The van der Waals surface area contributed by atoms with E-state index in [0.717, 1.165) is 32.1 Å². The summed E-state index contributed by atoms with van der Waals surface area (Å²) in [6.07, 6.45) is -0.402. The Balaban J connectivity index is 2.65. The number of ketones is 1. The van der Waals surface area contributed by atoms with Gasteiger partial charge in [0, 0.05) is 12.5 Å². The summed E-state index contributed by atoms with van der Waals surface area (Å²) in [6, 6.07) is -0.683. The van der Waals surface area contributed by atoms with Crippen LogP contribution in [0.2, 0.25) is 0 Å². The second kappa shape index (κ2) is 6.20. The molecule has 0 bridgehead atoms. The molecule has 3 nitrogen and oxygen atoms in total. The van der Waals surface area contributed by atoms with Gasteiger partial charge in [0.05, 0.1) is 0 Å². The molecule has 1 fully saturated rings. The summed E-state index contributed by atoms with van der Waals surface area (Å²) in [4.78, 5) is 22.0. The molecule has 104 valence electrons. The number of hydrogen-bond acceptors (Lipinski definition) is 2. The van der Waals surface area contributed by atoms with Crippen LogP contribution in [0, 0.1) is 5.92 Å². The molecule has 1 saturated carbocycles. The molecular weight excluding hydrogens is 247 g/mol. The van der Waals surface area contributed by atoms with E-state index in [0.29, 0.717) is 0 Å². The van der Waals surface area contributed by atoms with Crippen LogP contribution in [0.3, 0.4) is 0 Å². The number of nitrogens with one attached hydrogen (secondary N) is 1. The summed E-state index contributed by atoms with van der Waals surface area (Å²) in [6.45, 7) is 1.33. The van der Waals surface area contributed by atoms with Crippen LogP contribution >= 0.6 is 0 Å². The van der Waals surface area contributed by atoms with Gasteiger partial charge in [0.15, 0.2) is 0 Å². The minimum absolute atomic E-state index is 0.0195. The molecule has 18 heavy (non-hydrogen) atoms. The normalized spacial score (nSPS) is 19.3. The maximum atomic E-state index is 12.2. The maximum absolute atomic E-state index is 12.2. The predicted octanol–water partition coefficient (Wildman–Crippen LogP) is 2.59. The molecule has 1 rings (SSSR count). The highest BCUT2D eigenvalue weighted by molar-refractivity contribution is 5.83. The van der Waals surface area contributed by atoms with Crippen LogP contribution in [-0.2, 0) is 9.59 Å². The van der Waals surface area contributed by atoms with E-state index in [4.69, 9.17) is 0 Å². The number of rotatable bonds is 4. The van der Waals surface area contributed by atoms with Crippen LogP contribution in [0.15, 0.2) is 0 Å². The number of halogens is 3. The molecule has 1 amide bonds. The lowest BCUT2D eigenvalue weighted by molar-refractivity contribution is -0.175. The van der Waals surface area contributed by atoms with Crippen molar-refractivity contribution in [1.82, 2.24) is 5.32 Å². The molecule has 0 spiro atoms. The fraction of sp³-hybridized carbons (Fsp3) is 0.833. The molecule has 0 saturated heterocycles. The van der Waals surface area contributed by atoms with Crippen molar-refractivity contribution >= 4 is 11.7 Å². The Hall–Kier alpha value is -1.07. The molecule has 0 aromatic carbocycles. The Morgan fingerprint density at radius 1 is 1.22 bits per heavy atom. The Bertz CT molecular complexity index is 309. The largest absolute Gasteiger partial charge is 0.471 e. The third-order valence-corrected chi connectivity index (χ3v) is 3.30. The summed E-state index contributed by atoms with van der Waals surface area (Å²) < 4.78 is 36.7. The van der Waals surface area contributed by atoms with Crippen molar-refractivity contribution in [2.75, 3.05) is 0 Å². The van der Waals surface area contributed by atoms with E-state index < -0.39 is 18.1 Å². The first-order chi connectivity index (χ1) is 8.30. The predicted molar refractivity (Wildman–Crippen MR) is 59.9 cm³/mol. The van der Waals surface area contributed by atoms with Crippen LogP contribution in [0.5, 0.6) is 0 Å². The first-order valence-electron chi connectivity index (χ1n) is 6.18. The topological polar surface area (TPSA) is 46.2 Å². The average Bonchev–Trinajstić information content (AvgIpc) is 2.27. The summed E-state index contributed by atoms with van der Waals surface area (Å²) in [5, 5.41) is 1.97. The van der Waals surface area contributed by atoms with E-state index in [1.165, 1.54) is 6.92 Å².